The number of rotatable bonds is 20. The monoisotopic (exact) mass is 2020 g/mol. The molecule has 6 aliphatic rings. The lowest BCUT2D eigenvalue weighted by atomic mass is 9.86. The normalized spacial score (nSPS) is 14.7. The summed E-state index contributed by atoms with van der Waals surface area (Å²) >= 11 is 7.97. The number of benzene rings is 12. The zero-order valence-corrected chi connectivity index (χ0v) is 87.1. The van der Waals surface area contributed by atoms with Gasteiger partial charge in [0.25, 0.3) is 0 Å². The Labute approximate surface area is 870 Å². The zero-order valence-electron chi connectivity index (χ0n) is 85.5. The minimum absolute atomic E-state index is 0.0119. The summed E-state index contributed by atoms with van der Waals surface area (Å²) in [6.45, 7) is 25.0. The van der Waals surface area contributed by atoms with Crippen molar-refractivity contribution in [3.63, 3.8) is 0 Å². The topological polar surface area (TPSA) is 184 Å². The van der Waals surface area contributed by atoms with E-state index in [4.69, 9.17) is 16.3 Å². The fourth-order valence-corrected chi connectivity index (χ4v) is 19.9. The standard InChI is InChI=1S/C21H22ClNO.2C21H20F3NO.C21H23NO2.C21H23NOS.C21H23NO/c1-14-13-19(7-8-20(14)22)21(18-9-11-23-12-10-18)17-5-3-16(4-6-17)15(2)24;1-14(26)15-2-4-16(5-3-15)20(18-10-12-25-13-11-18)17-6-8-19(9-7-17)21(22,23)24;1-14(26)15-6-8-16(9-7-15)20(17-10-12-25-13-11-17)18-4-2-3-5-19(18)21(22,23)24;2*1-15(23)16-3-5-17(6-4-16)21(19-11-13-22-14-12-19)18-7-9-20(24-2)10-8-18;1-15-4-3-5-20(14-15)21(19-10-12-22-13-11-19)18-8-6-17(7-9-18)16(2)23/h3-8,13,23H,9-12H2,1-2H3;2*2-9,25H,10-13H2,1H3;2*3-10,22H,11-14H2,1-2H3;3-9,14,22H,10-13H2,1-2H3. The van der Waals surface area contributed by atoms with E-state index in [-0.39, 0.29) is 40.3 Å². The van der Waals surface area contributed by atoms with Crippen molar-refractivity contribution in [3.05, 3.63) is 446 Å². The molecule has 0 spiro atoms. The Bertz CT molecular complexity index is 6620. The molecule has 0 aliphatic carbocycles. The van der Waals surface area contributed by atoms with Crippen molar-refractivity contribution in [1.82, 2.24) is 31.9 Å². The molecule has 6 heterocycles. The van der Waals surface area contributed by atoms with Gasteiger partial charge in [-0.3, -0.25) is 28.8 Å². The minimum atomic E-state index is -4.42. The summed E-state index contributed by atoms with van der Waals surface area (Å²) in [4.78, 5) is 70.4. The van der Waals surface area contributed by atoms with Crippen LogP contribution >= 0.6 is 23.4 Å². The summed E-state index contributed by atoms with van der Waals surface area (Å²) in [7, 11) is 1.68. The number of nitrogens with one attached hydrogen (secondary N) is 6. The van der Waals surface area contributed by atoms with Gasteiger partial charge in [-0.05, 0) is 378 Å². The van der Waals surface area contributed by atoms with Crippen molar-refractivity contribution in [3.8, 4) is 5.75 Å². The van der Waals surface area contributed by atoms with Gasteiger partial charge in [0.2, 0.25) is 0 Å². The number of aryl methyl sites for hydroxylation is 2. The van der Waals surface area contributed by atoms with E-state index < -0.39 is 23.5 Å². The van der Waals surface area contributed by atoms with Crippen LogP contribution in [0, 0.1) is 13.8 Å². The number of thioether (sulfide) groups is 1. The minimum Gasteiger partial charge on any atom is -0.497 e. The van der Waals surface area contributed by atoms with Gasteiger partial charge >= 0.3 is 12.4 Å². The molecule has 762 valence electrons. The Morgan fingerprint density at radius 3 is 0.769 bits per heavy atom. The first-order valence-electron chi connectivity index (χ1n) is 50.5. The van der Waals surface area contributed by atoms with Crippen molar-refractivity contribution in [2.75, 3.05) is 91.9 Å². The number of ketones is 6. The second-order valence-electron chi connectivity index (χ2n) is 37.6. The molecule has 6 fully saturated rings. The second-order valence-corrected chi connectivity index (χ2v) is 38.9. The van der Waals surface area contributed by atoms with Gasteiger partial charge < -0.3 is 36.6 Å². The predicted molar refractivity (Wildman–Crippen MR) is 589 cm³/mol. The molecule has 0 bridgehead atoms. The number of carbonyl (C=O) groups excluding carboxylic acids is 6. The van der Waals surface area contributed by atoms with Crippen LogP contribution in [0.1, 0.15) is 270 Å². The summed E-state index contributed by atoms with van der Waals surface area (Å²) in [5, 5.41) is 21.0. The van der Waals surface area contributed by atoms with Gasteiger partial charge in [0, 0.05) is 43.3 Å². The van der Waals surface area contributed by atoms with Crippen molar-refractivity contribution < 1.29 is 59.8 Å². The third-order valence-electron chi connectivity index (χ3n) is 27.4. The van der Waals surface area contributed by atoms with Crippen LogP contribution in [0.5, 0.6) is 5.75 Å². The van der Waals surface area contributed by atoms with E-state index in [9.17, 15) is 55.1 Å². The van der Waals surface area contributed by atoms with Gasteiger partial charge in [0.1, 0.15) is 5.75 Å². The van der Waals surface area contributed by atoms with Gasteiger partial charge in [-0.1, -0.05) is 281 Å². The van der Waals surface area contributed by atoms with Gasteiger partial charge in [0.05, 0.1) is 18.2 Å². The molecule has 18 rings (SSSR count). The van der Waals surface area contributed by atoms with Crippen LogP contribution in [-0.2, 0) is 12.4 Å². The molecule has 21 heteroatoms. The van der Waals surface area contributed by atoms with E-state index in [1.54, 1.807) is 89.0 Å². The molecule has 6 saturated heterocycles. The number of carbonyl (C=O) groups is 6. The number of hydrogen-bond acceptors (Lipinski definition) is 14. The Morgan fingerprint density at radius 2 is 0.510 bits per heavy atom. The highest BCUT2D eigenvalue weighted by atomic mass is 35.5. The Morgan fingerprint density at radius 1 is 0.272 bits per heavy atom. The van der Waals surface area contributed by atoms with Gasteiger partial charge in [-0.25, -0.2) is 0 Å². The lowest BCUT2D eigenvalue weighted by Gasteiger charge is -2.23. The molecule has 6 N–H and O–H groups in total. The van der Waals surface area contributed by atoms with Crippen LogP contribution in [0.3, 0.4) is 0 Å². The molecular formula is C126H131ClF6N6O7S. The molecular weight excluding hydrogens is 1890 g/mol. The molecule has 0 radical (unpaired) electrons. The molecule has 147 heavy (non-hydrogen) atoms. The molecule has 0 unspecified atom stereocenters. The van der Waals surface area contributed by atoms with Gasteiger partial charge in [-0.15, -0.1) is 11.8 Å². The summed E-state index contributed by atoms with van der Waals surface area (Å²) in [6, 6.07) is 89.1. The average Bonchev–Trinajstić information content (AvgIpc) is 0.781. The number of alkyl halides is 6. The Hall–Kier alpha value is -13.1. The second kappa shape index (κ2) is 54.0. The summed E-state index contributed by atoms with van der Waals surface area (Å²) < 4.78 is 84.6. The number of methoxy groups -OCH3 is 1. The molecule has 0 saturated carbocycles. The first kappa shape index (κ1) is 111. The average molecular weight is 2020 g/mol. The van der Waals surface area contributed by atoms with Gasteiger partial charge in [-0.2, -0.15) is 26.3 Å². The molecule has 6 aliphatic heterocycles. The van der Waals surface area contributed by atoms with Crippen molar-refractivity contribution in [2.24, 2.45) is 0 Å². The summed E-state index contributed by atoms with van der Waals surface area (Å²) in [5.74, 6) is 1.21. The maximum absolute atomic E-state index is 13.6. The molecule has 12 aromatic rings. The molecule has 13 nitrogen and oxygen atoms in total. The Balaban J connectivity index is 0.000000147. The van der Waals surface area contributed by atoms with E-state index in [1.165, 1.54) is 143 Å². The quantitative estimate of drug-likeness (QED) is 0.0241. The van der Waals surface area contributed by atoms with E-state index >= 15 is 0 Å². The number of ether oxygens (including phenoxy) is 1. The van der Waals surface area contributed by atoms with Crippen LogP contribution in [0.15, 0.2) is 323 Å². The number of Topliss-reactive ketones (excluding diaryl/α,β-unsaturated/α-hetero) is 6. The lowest BCUT2D eigenvalue weighted by molar-refractivity contribution is -0.138. The smallest absolute Gasteiger partial charge is 0.417 e. The van der Waals surface area contributed by atoms with Gasteiger partial charge in [0.15, 0.2) is 34.7 Å². The van der Waals surface area contributed by atoms with Crippen LogP contribution in [-0.4, -0.2) is 127 Å². The third kappa shape index (κ3) is 31.0. The lowest BCUT2D eigenvalue weighted by Crippen LogP contribution is -2.24. The predicted octanol–water partition coefficient (Wildman–Crippen LogP) is 28.5. The molecule has 0 atom stereocenters. The zero-order chi connectivity index (χ0) is 105. The third-order valence-corrected chi connectivity index (χ3v) is 28.5. The van der Waals surface area contributed by atoms with E-state index in [2.05, 4.69) is 166 Å². The van der Waals surface area contributed by atoms with E-state index in [1.807, 2.05) is 85.8 Å². The number of halogens is 7. The van der Waals surface area contributed by atoms with Crippen molar-refractivity contribution in [1.29, 1.82) is 0 Å². The maximum atomic E-state index is 13.6. The molecule has 0 aromatic heterocycles. The highest BCUT2D eigenvalue weighted by Gasteiger charge is 2.36. The Kier molecular flexibility index (Phi) is 40.8. The maximum Gasteiger partial charge on any atom is 0.417 e. The van der Waals surface area contributed by atoms with E-state index in [0.29, 0.717) is 35.1 Å². The first-order valence-corrected chi connectivity index (χ1v) is 52.1. The largest absolute Gasteiger partial charge is 0.497 e. The fraction of sp³-hybridized carbons (Fsp3) is 0.286. The first-order chi connectivity index (χ1) is 70.8. The SMILES string of the molecule is CC(=O)c1ccc(C(=C2CCNCC2)c2ccc(C(F)(F)F)cc2)cc1.CC(=O)c1ccc(C(=C2CCNCC2)c2ccc(Cl)c(C)c2)cc1.CC(=O)c1ccc(C(=C2CCNCC2)c2cccc(C)c2)cc1.CC(=O)c1ccc(C(=C2CCNCC2)c2ccccc2C(F)(F)F)cc1.COc1ccc(C(=C2CCNCC2)c2ccc(C(C)=O)cc2)cc1.CSc1ccc(C(=C2CCNCC2)c2ccc(C(C)=O)cc2)cc1. The van der Waals surface area contributed by atoms with Crippen LogP contribution in [0.25, 0.3) is 33.4 Å². The highest BCUT2D eigenvalue weighted by Crippen LogP contribution is 2.44. The number of hydrogen-bond donors (Lipinski definition) is 6. The van der Waals surface area contributed by atoms with E-state index in [0.717, 1.165) is 222 Å². The number of piperidine rings is 6. The molecule has 0 amide bonds. The highest BCUT2D eigenvalue weighted by molar-refractivity contribution is 7.98. The van der Waals surface area contributed by atoms with Crippen LogP contribution in [0.4, 0.5) is 26.3 Å². The van der Waals surface area contributed by atoms with Crippen LogP contribution < -0.4 is 36.6 Å². The molecule has 12 aromatic carbocycles. The fourth-order valence-electron chi connectivity index (χ4n) is 19.4. The summed E-state index contributed by atoms with van der Waals surface area (Å²) in [6.07, 6.45) is 4.96. The van der Waals surface area contributed by atoms with Crippen LogP contribution in [0.2, 0.25) is 5.02 Å². The van der Waals surface area contributed by atoms with Crippen molar-refractivity contribution in [2.45, 2.75) is 150 Å². The summed E-state index contributed by atoms with van der Waals surface area (Å²) in [5.41, 5.74) is 32.6. The van der Waals surface area contributed by atoms with Crippen molar-refractivity contribution >= 4 is 91.5 Å².